The molecular formula is C21H23N4O8P. The van der Waals surface area contributed by atoms with Crippen LogP contribution in [0.1, 0.15) is 11.9 Å². The van der Waals surface area contributed by atoms with E-state index in [1.54, 1.807) is 30.5 Å². The number of nitrogen functional groups attached to an aromatic ring is 1. The molecule has 180 valence electrons. The van der Waals surface area contributed by atoms with Gasteiger partial charge in [0.2, 0.25) is 0 Å². The monoisotopic (exact) mass is 490 g/mol. The van der Waals surface area contributed by atoms with Gasteiger partial charge in [-0.25, -0.2) is 4.79 Å². The van der Waals surface area contributed by atoms with E-state index >= 15 is 0 Å². The lowest BCUT2D eigenvalue weighted by Gasteiger charge is -2.18. The highest BCUT2D eigenvalue weighted by Gasteiger charge is 2.44. The van der Waals surface area contributed by atoms with Gasteiger partial charge in [0, 0.05) is 24.1 Å². The van der Waals surface area contributed by atoms with E-state index in [2.05, 4.69) is 9.51 Å². The highest BCUT2D eigenvalue weighted by molar-refractivity contribution is 7.39. The van der Waals surface area contributed by atoms with Crippen molar-refractivity contribution in [3.8, 4) is 11.1 Å². The number of aliphatic hydroxyl groups is 2. The summed E-state index contributed by atoms with van der Waals surface area (Å²) < 4.78 is 12.1. The number of aliphatic hydroxyl groups excluding tert-OH is 2. The Hall–Kier alpha value is -2.96. The zero-order valence-electron chi connectivity index (χ0n) is 17.7. The fourth-order valence-electron chi connectivity index (χ4n) is 3.73. The van der Waals surface area contributed by atoms with Crippen molar-refractivity contribution in [2.45, 2.75) is 31.1 Å². The first-order chi connectivity index (χ1) is 16.2. The third-order valence-electron chi connectivity index (χ3n) is 5.42. The summed E-state index contributed by atoms with van der Waals surface area (Å²) in [4.78, 5) is 47.6. The number of hydrogen-bond donors (Lipinski definition) is 5. The summed E-state index contributed by atoms with van der Waals surface area (Å²) >= 11 is 0. The number of ether oxygens (including phenoxy) is 1. The molecule has 3 aromatic rings. The molecule has 0 spiro atoms. The SMILES string of the molecule is Nc1cccc(-c2ccnc(Cn3c(=O)ccn(C4OC(COP(O)O)C(O)C4O)c3=O)c2)c1. The fourth-order valence-corrected chi connectivity index (χ4v) is 4.01. The van der Waals surface area contributed by atoms with Crippen LogP contribution in [0.2, 0.25) is 0 Å². The van der Waals surface area contributed by atoms with E-state index in [0.717, 1.165) is 32.5 Å². The summed E-state index contributed by atoms with van der Waals surface area (Å²) in [7, 11) is -2.68. The van der Waals surface area contributed by atoms with Crippen LogP contribution < -0.4 is 17.0 Å². The summed E-state index contributed by atoms with van der Waals surface area (Å²) in [6.07, 6.45) is -2.70. The lowest BCUT2D eigenvalue weighted by atomic mass is 10.1. The molecular weight excluding hydrogens is 467 g/mol. The summed E-state index contributed by atoms with van der Waals surface area (Å²) in [5.74, 6) is 0. The maximum absolute atomic E-state index is 13.1. The maximum atomic E-state index is 13.1. The van der Waals surface area contributed by atoms with Crippen molar-refractivity contribution in [2.24, 2.45) is 0 Å². The Morgan fingerprint density at radius 1 is 1.09 bits per heavy atom. The first kappa shape index (κ1) is 24.2. The molecule has 4 unspecified atom stereocenters. The molecule has 13 heteroatoms. The Balaban J connectivity index is 1.61. The highest BCUT2D eigenvalue weighted by atomic mass is 31.2. The van der Waals surface area contributed by atoms with Gasteiger partial charge in [0.1, 0.15) is 18.3 Å². The maximum Gasteiger partial charge on any atom is 0.333 e. The molecule has 0 saturated carbocycles. The van der Waals surface area contributed by atoms with Gasteiger partial charge < -0.3 is 35.0 Å². The normalized spacial score (nSPS) is 22.4. The molecule has 4 atom stereocenters. The average molecular weight is 490 g/mol. The van der Waals surface area contributed by atoms with E-state index in [-0.39, 0.29) is 6.54 Å². The van der Waals surface area contributed by atoms with Crippen molar-refractivity contribution in [2.75, 3.05) is 12.3 Å². The van der Waals surface area contributed by atoms with E-state index < -0.39 is 51.0 Å². The standard InChI is InChI=1S/C21H23N4O8P/c22-14-3-1-2-12(8-14)13-4-6-23-15(9-13)10-25-17(26)5-7-24(21(25)29)20-19(28)18(27)16(33-20)11-32-34(30)31/h1-9,16,18-20,27-28,30-31H,10-11,22H2. The number of hydrogen-bond acceptors (Lipinski definition) is 10. The molecule has 3 heterocycles. The van der Waals surface area contributed by atoms with E-state index in [1.165, 1.54) is 0 Å². The van der Waals surface area contributed by atoms with E-state index in [1.807, 2.05) is 12.1 Å². The Morgan fingerprint density at radius 3 is 2.59 bits per heavy atom. The molecule has 1 aliphatic heterocycles. The summed E-state index contributed by atoms with van der Waals surface area (Å²) in [5, 5.41) is 20.6. The van der Waals surface area contributed by atoms with E-state index in [4.69, 9.17) is 20.3 Å². The van der Waals surface area contributed by atoms with Gasteiger partial charge in [-0.05, 0) is 35.4 Å². The number of aromatic nitrogens is 3. The van der Waals surface area contributed by atoms with E-state index in [0.29, 0.717) is 11.4 Å². The van der Waals surface area contributed by atoms with Crippen molar-refractivity contribution < 1.29 is 29.3 Å². The molecule has 1 fully saturated rings. The van der Waals surface area contributed by atoms with Crippen LogP contribution in [0, 0.1) is 0 Å². The van der Waals surface area contributed by atoms with Crippen LogP contribution in [0.3, 0.4) is 0 Å². The molecule has 1 aliphatic rings. The number of anilines is 1. The smallest absolute Gasteiger partial charge is 0.333 e. The van der Waals surface area contributed by atoms with Crippen LogP contribution in [0.5, 0.6) is 0 Å². The van der Waals surface area contributed by atoms with Crippen LogP contribution in [0.25, 0.3) is 11.1 Å². The third-order valence-corrected chi connectivity index (χ3v) is 5.80. The van der Waals surface area contributed by atoms with Gasteiger partial charge >= 0.3 is 14.3 Å². The zero-order chi connectivity index (χ0) is 24.4. The topological polar surface area (TPSA) is 182 Å². The predicted octanol–water partition coefficient (Wildman–Crippen LogP) is -0.450. The van der Waals surface area contributed by atoms with Gasteiger partial charge in [-0.15, -0.1) is 0 Å². The highest BCUT2D eigenvalue weighted by Crippen LogP contribution is 2.32. The number of rotatable bonds is 7. The van der Waals surface area contributed by atoms with Crippen LogP contribution in [-0.2, 0) is 15.8 Å². The third kappa shape index (κ3) is 5.08. The molecule has 0 bridgehead atoms. The van der Waals surface area contributed by atoms with Gasteiger partial charge in [-0.2, -0.15) is 0 Å². The summed E-state index contributed by atoms with van der Waals surface area (Å²) in [6.45, 7) is -0.561. The average Bonchev–Trinajstić information content (AvgIpc) is 3.09. The van der Waals surface area contributed by atoms with Gasteiger partial charge in [0.25, 0.3) is 5.56 Å². The van der Waals surface area contributed by atoms with Crippen molar-refractivity contribution in [1.82, 2.24) is 14.1 Å². The van der Waals surface area contributed by atoms with Crippen molar-refractivity contribution in [1.29, 1.82) is 0 Å². The molecule has 1 aromatic carbocycles. The van der Waals surface area contributed by atoms with Crippen LogP contribution in [0.15, 0.2) is 64.4 Å². The molecule has 34 heavy (non-hydrogen) atoms. The first-order valence-corrected chi connectivity index (χ1v) is 11.4. The molecule has 0 radical (unpaired) electrons. The van der Waals surface area contributed by atoms with Gasteiger partial charge in [0.15, 0.2) is 6.23 Å². The molecule has 2 aromatic heterocycles. The summed E-state index contributed by atoms with van der Waals surface area (Å²) in [6, 6.07) is 11.9. The number of pyridine rings is 1. The first-order valence-electron chi connectivity index (χ1n) is 10.2. The lowest BCUT2D eigenvalue weighted by molar-refractivity contribution is -0.0531. The Bertz CT molecular complexity index is 1280. The molecule has 6 N–H and O–H groups in total. The predicted molar refractivity (Wildman–Crippen MR) is 121 cm³/mol. The minimum atomic E-state index is -2.68. The summed E-state index contributed by atoms with van der Waals surface area (Å²) in [5.41, 5.74) is 7.16. The van der Waals surface area contributed by atoms with Crippen LogP contribution in [0.4, 0.5) is 5.69 Å². The van der Waals surface area contributed by atoms with Gasteiger partial charge in [-0.3, -0.25) is 18.9 Å². The van der Waals surface area contributed by atoms with Crippen molar-refractivity contribution >= 4 is 14.3 Å². The second kappa shape index (κ2) is 10.1. The second-order valence-electron chi connectivity index (χ2n) is 7.69. The van der Waals surface area contributed by atoms with Gasteiger partial charge in [0.05, 0.1) is 18.8 Å². The van der Waals surface area contributed by atoms with Crippen LogP contribution >= 0.6 is 8.60 Å². The zero-order valence-corrected chi connectivity index (χ0v) is 18.6. The van der Waals surface area contributed by atoms with Gasteiger partial charge in [-0.1, -0.05) is 12.1 Å². The fraction of sp³-hybridized carbons (Fsp3) is 0.286. The van der Waals surface area contributed by atoms with Crippen molar-refractivity contribution in [3.05, 3.63) is 81.4 Å². The van der Waals surface area contributed by atoms with Crippen molar-refractivity contribution in [3.63, 3.8) is 0 Å². The number of benzene rings is 1. The Morgan fingerprint density at radius 2 is 1.85 bits per heavy atom. The Kier molecular flexibility index (Phi) is 7.19. The minimum absolute atomic E-state index is 0.147. The quantitative estimate of drug-likeness (QED) is 0.215. The Labute approximate surface area is 194 Å². The molecule has 4 rings (SSSR count). The lowest BCUT2D eigenvalue weighted by Crippen LogP contribution is -2.43. The molecule has 0 aliphatic carbocycles. The van der Waals surface area contributed by atoms with Crippen LogP contribution in [-0.4, -0.2) is 59.0 Å². The minimum Gasteiger partial charge on any atom is -0.399 e. The molecule has 1 saturated heterocycles. The van der Waals surface area contributed by atoms with E-state index in [9.17, 15) is 19.8 Å². The number of nitrogens with zero attached hydrogens (tertiary/aromatic N) is 3. The molecule has 12 nitrogen and oxygen atoms in total. The largest absolute Gasteiger partial charge is 0.399 e. The number of nitrogens with two attached hydrogens (primary N) is 1. The second-order valence-corrected chi connectivity index (χ2v) is 8.45. The molecule has 0 amide bonds.